The highest BCUT2D eigenvalue weighted by molar-refractivity contribution is 7.47. The van der Waals surface area contributed by atoms with Crippen LogP contribution in [0, 0.1) is 0 Å². The van der Waals surface area contributed by atoms with E-state index in [-0.39, 0.29) is 12.8 Å². The number of unbranched alkanes of at least 4 members (excludes halogenated alkanes) is 20. The van der Waals surface area contributed by atoms with Crippen molar-refractivity contribution in [1.82, 2.24) is 5.32 Å². The fraction of sp³-hybridized carbons (Fsp3) is 0.761. The van der Waals surface area contributed by atoms with E-state index >= 15 is 0 Å². The highest BCUT2D eigenvalue weighted by Gasteiger charge is 2.28. The van der Waals surface area contributed by atoms with E-state index < -0.39 is 57.6 Å². The summed E-state index contributed by atoms with van der Waals surface area (Å²) in [6.07, 6.45) is 45.7. The summed E-state index contributed by atoms with van der Waals surface area (Å²) in [6.45, 7) is 2.54. The molecule has 3 atom stereocenters. The van der Waals surface area contributed by atoms with Crippen LogP contribution in [0.3, 0.4) is 0 Å². The van der Waals surface area contributed by atoms with Crippen molar-refractivity contribution in [2.45, 2.75) is 206 Å². The van der Waals surface area contributed by atoms with Crippen molar-refractivity contribution in [3.63, 3.8) is 0 Å². The average Bonchev–Trinajstić information content (AvgIpc) is 3.20. The number of nitrogens with one attached hydrogen (secondary N) is 1. The molecule has 58 heavy (non-hydrogen) atoms. The monoisotopic (exact) mass is 840 g/mol. The first kappa shape index (κ1) is 55.4. The second kappa shape index (κ2) is 41.2. The number of ether oxygens (including phenoxy) is 1. The third kappa shape index (κ3) is 40.2. The van der Waals surface area contributed by atoms with Crippen LogP contribution < -0.4 is 5.32 Å². The number of allylic oxidation sites excluding steroid dienone is 8. The molecule has 0 aliphatic carbocycles. The molecule has 0 aromatic rings. The number of carbonyl (C=O) groups excluding carboxylic acids is 2. The minimum absolute atomic E-state index is 0.0690. The summed E-state index contributed by atoms with van der Waals surface area (Å²) in [7, 11) is -4.77. The molecule has 0 aromatic carbocycles. The maximum Gasteiger partial charge on any atom is 0.472 e. The smallest absolute Gasteiger partial charge is 0.472 e. The molecule has 0 saturated carbocycles. The number of carboxylic acids is 1. The molecular weight excluding hydrogens is 757 g/mol. The third-order valence-corrected chi connectivity index (χ3v) is 10.6. The quantitative estimate of drug-likeness (QED) is 0.0201. The van der Waals surface area contributed by atoms with E-state index in [1.54, 1.807) is 0 Å². The van der Waals surface area contributed by atoms with Crippen LogP contribution in [-0.2, 0) is 32.7 Å². The van der Waals surface area contributed by atoms with Gasteiger partial charge in [0.25, 0.3) is 0 Å². The number of hydrogen-bond donors (Lipinski definition) is 4. The number of aliphatic hydroxyl groups excluding tert-OH is 1. The maximum atomic E-state index is 12.3. The molecule has 0 saturated heterocycles. The Kier molecular flexibility index (Phi) is 39.4. The molecule has 4 N–H and O–H groups in total. The number of aliphatic carboxylic acids is 1. The molecule has 1 amide bonds. The van der Waals surface area contributed by atoms with Gasteiger partial charge in [0.2, 0.25) is 5.91 Å². The van der Waals surface area contributed by atoms with Gasteiger partial charge in [0.05, 0.1) is 13.2 Å². The van der Waals surface area contributed by atoms with Gasteiger partial charge >= 0.3 is 19.8 Å². The first-order valence-corrected chi connectivity index (χ1v) is 24.2. The Bertz CT molecular complexity index is 1170. The van der Waals surface area contributed by atoms with Gasteiger partial charge in [-0.25, -0.2) is 9.36 Å². The van der Waals surface area contributed by atoms with E-state index in [9.17, 15) is 34.1 Å². The highest BCUT2D eigenvalue weighted by atomic mass is 31.2. The molecule has 0 heterocycles. The fourth-order valence-electron chi connectivity index (χ4n) is 6.07. The van der Waals surface area contributed by atoms with Crippen LogP contribution >= 0.6 is 7.82 Å². The summed E-state index contributed by atoms with van der Waals surface area (Å²) in [5, 5.41) is 21.8. The van der Waals surface area contributed by atoms with Crippen LogP contribution in [0.2, 0.25) is 0 Å². The predicted molar refractivity (Wildman–Crippen MR) is 235 cm³/mol. The lowest BCUT2D eigenvalue weighted by molar-refractivity contribution is -0.147. The molecule has 0 radical (unpaired) electrons. The van der Waals surface area contributed by atoms with E-state index in [0.29, 0.717) is 19.3 Å². The van der Waals surface area contributed by atoms with Crippen molar-refractivity contribution in [2.24, 2.45) is 0 Å². The van der Waals surface area contributed by atoms with Crippen LogP contribution in [0.5, 0.6) is 0 Å². The van der Waals surface area contributed by atoms with Gasteiger partial charge in [-0.3, -0.25) is 18.6 Å². The number of phosphoric ester groups is 1. The lowest BCUT2D eigenvalue weighted by atomic mass is 10.0. The molecule has 336 valence electrons. The summed E-state index contributed by atoms with van der Waals surface area (Å²) < 4.78 is 26.8. The minimum atomic E-state index is -4.77. The first-order valence-electron chi connectivity index (χ1n) is 22.7. The molecule has 0 aliphatic heterocycles. The number of esters is 1. The summed E-state index contributed by atoms with van der Waals surface area (Å²) in [4.78, 5) is 45.9. The van der Waals surface area contributed by atoms with E-state index in [4.69, 9.17) is 13.8 Å². The Morgan fingerprint density at radius 3 is 1.45 bits per heavy atom. The first-order chi connectivity index (χ1) is 28.1. The average molecular weight is 840 g/mol. The Hall–Kier alpha value is -2.56. The van der Waals surface area contributed by atoms with Gasteiger partial charge in [-0.1, -0.05) is 178 Å². The van der Waals surface area contributed by atoms with E-state index in [1.165, 1.54) is 103 Å². The predicted octanol–water partition coefficient (Wildman–Crippen LogP) is 11.8. The number of carboxylic acid groups (broad SMARTS) is 1. The standard InChI is InChI=1S/C46H82NO10P/c1-3-5-7-9-11-13-15-17-19-21-23-25-27-29-31-33-35-37-44(49)47-43(46(51)52)41-57-58(53,54)56-40-42(48)39-55-45(50)38-36-34-32-30-28-26-24-22-20-18-16-14-12-10-8-6-4-2/h11,13,17,19,23,25,29,31,42-43,48H,3-10,12,14-16,18,20-22,24,26-28,30,32-41H2,1-2H3,(H,47,49)(H,51,52)(H,53,54)/b13-11-,19-17-,25-23-,31-29-. The Morgan fingerprint density at radius 2 is 0.966 bits per heavy atom. The van der Waals surface area contributed by atoms with Gasteiger partial charge in [0.1, 0.15) is 12.7 Å². The van der Waals surface area contributed by atoms with Gasteiger partial charge in [-0.2, -0.15) is 0 Å². The van der Waals surface area contributed by atoms with Crippen molar-refractivity contribution < 1.29 is 47.8 Å². The number of amides is 1. The molecule has 12 heteroatoms. The van der Waals surface area contributed by atoms with Crippen molar-refractivity contribution in [3.05, 3.63) is 48.6 Å². The van der Waals surface area contributed by atoms with Crippen LogP contribution in [0.1, 0.15) is 194 Å². The van der Waals surface area contributed by atoms with Crippen LogP contribution in [0.4, 0.5) is 0 Å². The van der Waals surface area contributed by atoms with Crippen molar-refractivity contribution in [1.29, 1.82) is 0 Å². The summed E-state index contributed by atoms with van der Waals surface area (Å²) in [5.41, 5.74) is 0. The second-order valence-corrected chi connectivity index (χ2v) is 16.7. The van der Waals surface area contributed by atoms with Crippen LogP contribution in [0.25, 0.3) is 0 Å². The summed E-state index contributed by atoms with van der Waals surface area (Å²) in [6, 6.07) is -1.58. The third-order valence-electron chi connectivity index (χ3n) is 9.62. The molecule has 0 fully saturated rings. The zero-order chi connectivity index (χ0) is 42.8. The number of aliphatic hydroxyl groups is 1. The normalized spacial score (nSPS) is 14.1. The fourth-order valence-corrected chi connectivity index (χ4v) is 6.84. The molecule has 0 bridgehead atoms. The van der Waals surface area contributed by atoms with Gasteiger partial charge in [0, 0.05) is 12.8 Å². The number of phosphoric acid groups is 1. The SMILES string of the molecule is CCCCC/C=C\C/C=C\C/C=C\C/C=C\CCCC(=O)NC(COP(=O)(O)OCC(O)COC(=O)CCCCCCCCCCCCCCCCCCC)C(=O)O. The topological polar surface area (TPSA) is 169 Å². The van der Waals surface area contributed by atoms with Crippen molar-refractivity contribution in [2.75, 3.05) is 19.8 Å². The van der Waals surface area contributed by atoms with Gasteiger partial charge in [-0.05, 0) is 51.4 Å². The molecule has 0 aromatic heterocycles. The van der Waals surface area contributed by atoms with Gasteiger partial charge in [-0.15, -0.1) is 0 Å². The second-order valence-electron chi connectivity index (χ2n) is 15.2. The number of carbonyl (C=O) groups is 3. The maximum absolute atomic E-state index is 12.3. The van der Waals surface area contributed by atoms with Crippen molar-refractivity contribution in [3.8, 4) is 0 Å². The zero-order valence-electron chi connectivity index (χ0n) is 36.3. The van der Waals surface area contributed by atoms with E-state index in [1.807, 2.05) is 12.2 Å². The summed E-state index contributed by atoms with van der Waals surface area (Å²) in [5.74, 6) is -2.45. The highest BCUT2D eigenvalue weighted by Crippen LogP contribution is 2.43. The largest absolute Gasteiger partial charge is 0.480 e. The lowest BCUT2D eigenvalue weighted by Crippen LogP contribution is -2.43. The molecule has 11 nitrogen and oxygen atoms in total. The Labute approximate surface area is 352 Å². The van der Waals surface area contributed by atoms with Crippen LogP contribution in [-0.4, -0.2) is 64.9 Å². The van der Waals surface area contributed by atoms with Gasteiger partial charge in [0.15, 0.2) is 6.04 Å². The van der Waals surface area contributed by atoms with E-state index in [0.717, 1.165) is 44.9 Å². The van der Waals surface area contributed by atoms with Crippen molar-refractivity contribution >= 4 is 25.7 Å². The molecule has 0 aliphatic rings. The number of rotatable bonds is 42. The Balaban J connectivity index is 3.95. The molecular formula is C46H82NO10P. The van der Waals surface area contributed by atoms with Crippen LogP contribution in [0.15, 0.2) is 48.6 Å². The molecule has 3 unspecified atom stereocenters. The molecule has 0 spiro atoms. The lowest BCUT2D eigenvalue weighted by Gasteiger charge is -2.18. The van der Waals surface area contributed by atoms with E-state index in [2.05, 4.69) is 55.6 Å². The number of hydrogen-bond acceptors (Lipinski definition) is 8. The molecule has 0 rings (SSSR count). The minimum Gasteiger partial charge on any atom is -0.480 e. The zero-order valence-corrected chi connectivity index (χ0v) is 37.2. The Morgan fingerprint density at radius 1 is 0.552 bits per heavy atom. The van der Waals surface area contributed by atoms with Gasteiger partial charge < -0.3 is 25.2 Å². The summed E-state index contributed by atoms with van der Waals surface area (Å²) >= 11 is 0.